The molecule has 1 amide bonds. The largest absolute Gasteiger partial charge is 0.395 e. The molecule has 1 aliphatic rings. The molecule has 1 fully saturated rings. The molecule has 0 spiro atoms. The van der Waals surface area contributed by atoms with E-state index in [-0.39, 0.29) is 31.8 Å². The first-order chi connectivity index (χ1) is 10.2. The summed E-state index contributed by atoms with van der Waals surface area (Å²) in [5.41, 5.74) is 0. The molecule has 1 saturated heterocycles. The first kappa shape index (κ1) is 19.1. The molecule has 0 aromatic rings. The van der Waals surface area contributed by atoms with E-state index in [0.29, 0.717) is 0 Å². The summed E-state index contributed by atoms with van der Waals surface area (Å²) in [6, 6.07) is -1.63. The van der Waals surface area contributed by atoms with Crippen molar-refractivity contribution in [2.45, 2.75) is 56.7 Å². The molecule has 0 saturated carbocycles. The van der Waals surface area contributed by atoms with E-state index in [1.807, 2.05) is 0 Å². The topological polar surface area (TPSA) is 93.0 Å². The highest BCUT2D eigenvalue weighted by Crippen LogP contribution is 2.24. The number of rotatable bonds is 6. The number of nitrogens with zero attached hydrogens (tertiary/aromatic N) is 1. The Morgan fingerprint density at radius 3 is 2.45 bits per heavy atom. The fraction of sp³-hybridized carbons (Fsp3) is 0.923. The van der Waals surface area contributed by atoms with Crippen molar-refractivity contribution in [3.8, 4) is 0 Å². The first-order valence-electron chi connectivity index (χ1n) is 7.26. The molecular weight excluding hydrogens is 305 g/mol. The van der Waals surface area contributed by atoms with Gasteiger partial charge in [-0.2, -0.15) is 13.2 Å². The minimum absolute atomic E-state index is 0.00696. The zero-order valence-electron chi connectivity index (χ0n) is 12.4. The molecular formula is C13H23F3N2O4. The van der Waals surface area contributed by atoms with Crippen LogP contribution in [0.4, 0.5) is 13.2 Å². The number of hydrogen-bond donors (Lipinski definition) is 4. The SMILES string of the molecule is CCC(=O)N[C@H]1CN(CCCC(F)(F)F)[C@H](CO)[C@@H](O)[C@@H]1O. The number of aliphatic hydroxyl groups is 3. The van der Waals surface area contributed by atoms with E-state index < -0.39 is 43.5 Å². The maximum absolute atomic E-state index is 12.2. The number of carbonyl (C=O) groups is 1. The smallest absolute Gasteiger partial charge is 0.389 e. The summed E-state index contributed by atoms with van der Waals surface area (Å²) in [6.45, 7) is 1.22. The Kier molecular flexibility index (Phi) is 7.04. The molecule has 0 aromatic carbocycles. The van der Waals surface area contributed by atoms with E-state index in [9.17, 15) is 33.3 Å². The van der Waals surface area contributed by atoms with E-state index in [4.69, 9.17) is 0 Å². The molecule has 0 unspecified atom stereocenters. The fourth-order valence-electron chi connectivity index (χ4n) is 2.58. The Balaban J connectivity index is 2.68. The number of halogens is 3. The first-order valence-corrected chi connectivity index (χ1v) is 7.26. The predicted molar refractivity (Wildman–Crippen MR) is 72.0 cm³/mol. The van der Waals surface area contributed by atoms with Gasteiger partial charge in [-0.25, -0.2) is 0 Å². The Hall–Kier alpha value is -0.900. The molecule has 0 aromatic heterocycles. The van der Waals surface area contributed by atoms with Crippen molar-refractivity contribution >= 4 is 5.91 Å². The van der Waals surface area contributed by atoms with Crippen LogP contribution in [0.25, 0.3) is 0 Å². The van der Waals surface area contributed by atoms with Gasteiger partial charge in [-0.15, -0.1) is 0 Å². The second-order valence-electron chi connectivity index (χ2n) is 5.47. The van der Waals surface area contributed by atoms with Crippen molar-refractivity contribution in [1.82, 2.24) is 10.2 Å². The minimum Gasteiger partial charge on any atom is -0.395 e. The minimum atomic E-state index is -4.27. The Labute approximate surface area is 126 Å². The monoisotopic (exact) mass is 328 g/mol. The summed E-state index contributed by atoms with van der Waals surface area (Å²) in [5, 5.41) is 31.8. The fourth-order valence-corrected chi connectivity index (χ4v) is 2.58. The number of likely N-dealkylation sites (tertiary alicyclic amines) is 1. The van der Waals surface area contributed by atoms with Gasteiger partial charge in [0.2, 0.25) is 5.91 Å². The molecule has 1 aliphatic heterocycles. The second kappa shape index (κ2) is 8.09. The van der Waals surface area contributed by atoms with Gasteiger partial charge >= 0.3 is 6.18 Å². The Bertz CT molecular complexity index is 368. The average Bonchev–Trinajstić information content (AvgIpc) is 2.43. The number of alkyl halides is 3. The lowest BCUT2D eigenvalue weighted by molar-refractivity contribution is -0.141. The van der Waals surface area contributed by atoms with Crippen molar-refractivity contribution < 1.29 is 33.3 Å². The summed E-state index contributed by atoms with van der Waals surface area (Å²) in [4.78, 5) is 12.9. The van der Waals surface area contributed by atoms with Gasteiger partial charge in [0.15, 0.2) is 0 Å². The van der Waals surface area contributed by atoms with Gasteiger partial charge in [-0.3, -0.25) is 9.69 Å². The van der Waals surface area contributed by atoms with Gasteiger partial charge in [-0.05, 0) is 13.0 Å². The van der Waals surface area contributed by atoms with Crippen molar-refractivity contribution in [2.75, 3.05) is 19.7 Å². The Morgan fingerprint density at radius 2 is 1.95 bits per heavy atom. The van der Waals surface area contributed by atoms with Crippen molar-refractivity contribution in [3.63, 3.8) is 0 Å². The van der Waals surface area contributed by atoms with E-state index >= 15 is 0 Å². The number of nitrogens with one attached hydrogen (secondary N) is 1. The van der Waals surface area contributed by atoms with Crippen LogP contribution in [0.1, 0.15) is 26.2 Å². The lowest BCUT2D eigenvalue weighted by Crippen LogP contribution is -2.66. The maximum atomic E-state index is 12.2. The van der Waals surface area contributed by atoms with Crippen LogP contribution in [0.3, 0.4) is 0 Å². The standard InChI is InChI=1S/C13H23F3N2O4/c1-2-10(20)17-8-6-18(5-3-4-13(14,15)16)9(7-19)12(22)11(8)21/h8-9,11-12,19,21-22H,2-7H2,1H3,(H,17,20)/t8-,9+,11+,12+/m0/s1. The number of piperidine rings is 1. The van der Waals surface area contributed by atoms with Crippen LogP contribution in [0, 0.1) is 0 Å². The van der Waals surface area contributed by atoms with Gasteiger partial charge in [0.05, 0.1) is 24.8 Å². The molecule has 1 heterocycles. The molecule has 0 radical (unpaired) electrons. The number of amides is 1. The third kappa shape index (κ3) is 5.38. The summed E-state index contributed by atoms with van der Waals surface area (Å²) >= 11 is 0. The van der Waals surface area contributed by atoms with Crippen LogP contribution in [0.15, 0.2) is 0 Å². The van der Waals surface area contributed by atoms with Crippen LogP contribution in [0.5, 0.6) is 0 Å². The number of carbonyl (C=O) groups excluding carboxylic acids is 1. The molecule has 22 heavy (non-hydrogen) atoms. The van der Waals surface area contributed by atoms with Crippen LogP contribution < -0.4 is 5.32 Å². The molecule has 9 heteroatoms. The highest BCUT2D eigenvalue weighted by molar-refractivity contribution is 5.75. The summed E-state index contributed by atoms with van der Waals surface area (Å²) < 4.78 is 36.6. The normalized spacial score (nSPS) is 30.3. The molecule has 4 N–H and O–H groups in total. The van der Waals surface area contributed by atoms with Crippen LogP contribution in [-0.4, -0.2) is 76.3 Å². The van der Waals surface area contributed by atoms with E-state index in [0.717, 1.165) is 0 Å². The van der Waals surface area contributed by atoms with Gasteiger partial charge in [0.25, 0.3) is 0 Å². The van der Waals surface area contributed by atoms with Crippen LogP contribution >= 0.6 is 0 Å². The van der Waals surface area contributed by atoms with Crippen molar-refractivity contribution in [3.05, 3.63) is 0 Å². The van der Waals surface area contributed by atoms with Crippen molar-refractivity contribution in [2.24, 2.45) is 0 Å². The van der Waals surface area contributed by atoms with Crippen LogP contribution in [-0.2, 0) is 4.79 Å². The highest BCUT2D eigenvalue weighted by atomic mass is 19.4. The number of aliphatic hydroxyl groups excluding tert-OH is 3. The zero-order chi connectivity index (χ0) is 16.9. The zero-order valence-corrected chi connectivity index (χ0v) is 12.4. The lowest BCUT2D eigenvalue weighted by Gasteiger charge is -2.45. The van der Waals surface area contributed by atoms with Gasteiger partial charge in [0, 0.05) is 19.4 Å². The molecule has 1 rings (SSSR count). The van der Waals surface area contributed by atoms with E-state index in [1.54, 1.807) is 6.92 Å². The van der Waals surface area contributed by atoms with Gasteiger partial charge < -0.3 is 20.6 Å². The molecule has 6 nitrogen and oxygen atoms in total. The second-order valence-corrected chi connectivity index (χ2v) is 5.47. The third-order valence-corrected chi connectivity index (χ3v) is 3.82. The third-order valence-electron chi connectivity index (χ3n) is 3.82. The number of hydrogen-bond acceptors (Lipinski definition) is 5. The summed E-state index contributed by atoms with van der Waals surface area (Å²) in [5.74, 6) is -0.325. The highest BCUT2D eigenvalue weighted by Gasteiger charge is 2.42. The summed E-state index contributed by atoms with van der Waals surface area (Å²) in [7, 11) is 0. The molecule has 0 bridgehead atoms. The van der Waals surface area contributed by atoms with E-state index in [1.165, 1.54) is 4.90 Å². The Morgan fingerprint density at radius 1 is 1.32 bits per heavy atom. The van der Waals surface area contributed by atoms with Gasteiger partial charge in [0.1, 0.15) is 6.10 Å². The quantitative estimate of drug-likeness (QED) is 0.533. The summed E-state index contributed by atoms with van der Waals surface area (Å²) in [6.07, 6.45) is -7.84. The van der Waals surface area contributed by atoms with Gasteiger partial charge in [-0.1, -0.05) is 6.92 Å². The molecule has 0 aliphatic carbocycles. The maximum Gasteiger partial charge on any atom is 0.389 e. The average molecular weight is 328 g/mol. The van der Waals surface area contributed by atoms with E-state index in [2.05, 4.69) is 5.32 Å². The van der Waals surface area contributed by atoms with Crippen LogP contribution in [0.2, 0.25) is 0 Å². The molecule has 130 valence electrons. The predicted octanol–water partition coefficient (Wildman–Crippen LogP) is -0.378. The van der Waals surface area contributed by atoms with Crippen molar-refractivity contribution in [1.29, 1.82) is 0 Å². The molecule has 4 atom stereocenters. The lowest BCUT2D eigenvalue weighted by atomic mass is 9.92.